The molecule has 1 atom stereocenters. The first-order valence-corrected chi connectivity index (χ1v) is 8.69. The molecule has 5 nitrogen and oxygen atoms in total. The minimum Gasteiger partial charge on any atom is -0.445 e. The SMILES string of the molecule is NCCN(C1CC1)[C@@H]1CCCN(C(=O)OCc2ccccc2)C1. The third kappa shape index (κ3) is 4.45. The summed E-state index contributed by atoms with van der Waals surface area (Å²) < 4.78 is 5.48. The molecule has 126 valence electrons. The van der Waals surface area contributed by atoms with E-state index in [-0.39, 0.29) is 6.09 Å². The highest BCUT2D eigenvalue weighted by Crippen LogP contribution is 2.31. The van der Waals surface area contributed by atoms with E-state index in [1.165, 1.54) is 12.8 Å². The molecule has 0 unspecified atom stereocenters. The normalized spacial score (nSPS) is 21.5. The molecule has 0 bridgehead atoms. The Morgan fingerprint density at radius 2 is 2.00 bits per heavy atom. The summed E-state index contributed by atoms with van der Waals surface area (Å²) in [6.45, 7) is 3.53. The van der Waals surface area contributed by atoms with E-state index in [0.717, 1.165) is 38.0 Å². The standard InChI is InChI=1S/C18H27N3O2/c19-10-12-21(16-8-9-16)17-7-4-11-20(13-17)18(22)23-14-15-5-2-1-3-6-15/h1-3,5-6,16-17H,4,7-14,19H2/t17-/m1/s1. The van der Waals surface area contributed by atoms with Crippen LogP contribution in [0.25, 0.3) is 0 Å². The van der Waals surface area contributed by atoms with Gasteiger partial charge in [-0.15, -0.1) is 0 Å². The van der Waals surface area contributed by atoms with Crippen molar-refractivity contribution in [2.45, 2.75) is 44.4 Å². The Labute approximate surface area is 138 Å². The number of rotatable bonds is 6. The molecule has 2 N–H and O–H groups in total. The van der Waals surface area contributed by atoms with Crippen LogP contribution >= 0.6 is 0 Å². The van der Waals surface area contributed by atoms with Crippen molar-refractivity contribution in [2.75, 3.05) is 26.2 Å². The molecule has 0 aromatic heterocycles. The van der Waals surface area contributed by atoms with Crippen molar-refractivity contribution in [1.29, 1.82) is 0 Å². The van der Waals surface area contributed by atoms with E-state index in [0.29, 0.717) is 25.2 Å². The minimum absolute atomic E-state index is 0.193. The monoisotopic (exact) mass is 317 g/mol. The Kier molecular flexibility index (Phi) is 5.51. The number of nitrogens with zero attached hydrogens (tertiary/aromatic N) is 2. The molecule has 1 aliphatic carbocycles. The molecular weight excluding hydrogens is 290 g/mol. The summed E-state index contributed by atoms with van der Waals surface area (Å²) in [5.41, 5.74) is 6.79. The highest BCUT2D eigenvalue weighted by molar-refractivity contribution is 5.67. The maximum absolute atomic E-state index is 12.3. The largest absolute Gasteiger partial charge is 0.445 e. The van der Waals surface area contributed by atoms with E-state index >= 15 is 0 Å². The molecule has 1 heterocycles. The second kappa shape index (κ2) is 7.79. The maximum Gasteiger partial charge on any atom is 0.410 e. The summed E-state index contributed by atoms with van der Waals surface area (Å²) in [5.74, 6) is 0. The van der Waals surface area contributed by atoms with Gasteiger partial charge in [-0.1, -0.05) is 30.3 Å². The van der Waals surface area contributed by atoms with Gasteiger partial charge in [-0.05, 0) is 31.2 Å². The van der Waals surface area contributed by atoms with Crippen molar-refractivity contribution in [3.8, 4) is 0 Å². The van der Waals surface area contributed by atoms with Gasteiger partial charge in [0.05, 0.1) is 0 Å². The number of ether oxygens (including phenoxy) is 1. The molecule has 0 radical (unpaired) electrons. The Morgan fingerprint density at radius 1 is 1.22 bits per heavy atom. The molecule has 5 heteroatoms. The second-order valence-electron chi connectivity index (χ2n) is 6.54. The predicted molar refractivity (Wildman–Crippen MR) is 90.0 cm³/mol. The lowest BCUT2D eigenvalue weighted by atomic mass is 10.0. The van der Waals surface area contributed by atoms with Crippen molar-refractivity contribution in [1.82, 2.24) is 9.80 Å². The summed E-state index contributed by atoms with van der Waals surface area (Å²) in [7, 11) is 0. The van der Waals surface area contributed by atoms with Crippen molar-refractivity contribution in [2.24, 2.45) is 5.73 Å². The molecule has 1 aliphatic heterocycles. The van der Waals surface area contributed by atoms with Gasteiger partial charge in [-0.3, -0.25) is 4.90 Å². The maximum atomic E-state index is 12.3. The first-order valence-electron chi connectivity index (χ1n) is 8.69. The predicted octanol–water partition coefficient (Wildman–Crippen LogP) is 2.21. The van der Waals surface area contributed by atoms with Crippen LogP contribution in [0.2, 0.25) is 0 Å². The van der Waals surface area contributed by atoms with Crippen LogP contribution < -0.4 is 5.73 Å². The first kappa shape index (κ1) is 16.3. The van der Waals surface area contributed by atoms with Crippen molar-refractivity contribution < 1.29 is 9.53 Å². The number of hydrogen-bond acceptors (Lipinski definition) is 4. The van der Waals surface area contributed by atoms with Crippen LogP contribution in [0.4, 0.5) is 4.79 Å². The third-order valence-electron chi connectivity index (χ3n) is 4.73. The van der Waals surface area contributed by atoms with Gasteiger partial charge < -0.3 is 15.4 Å². The average Bonchev–Trinajstić information content (AvgIpc) is 3.43. The molecule has 0 spiro atoms. The van der Waals surface area contributed by atoms with E-state index < -0.39 is 0 Å². The van der Waals surface area contributed by atoms with E-state index in [1.807, 2.05) is 35.2 Å². The molecule has 1 saturated carbocycles. The minimum atomic E-state index is -0.193. The van der Waals surface area contributed by atoms with Crippen LogP contribution in [0.15, 0.2) is 30.3 Å². The molecule has 23 heavy (non-hydrogen) atoms. The Balaban J connectivity index is 1.52. The summed E-state index contributed by atoms with van der Waals surface area (Å²) in [5, 5.41) is 0. The van der Waals surface area contributed by atoms with Gasteiger partial charge in [0, 0.05) is 38.3 Å². The number of carbonyl (C=O) groups excluding carboxylic acids is 1. The van der Waals surface area contributed by atoms with Gasteiger partial charge in [-0.25, -0.2) is 4.79 Å². The van der Waals surface area contributed by atoms with Gasteiger partial charge in [0.1, 0.15) is 6.61 Å². The molecule has 1 aromatic rings. The molecule has 2 aliphatic rings. The van der Waals surface area contributed by atoms with Crippen molar-refractivity contribution >= 4 is 6.09 Å². The summed E-state index contributed by atoms with van der Waals surface area (Å²) in [6.07, 6.45) is 4.55. The van der Waals surface area contributed by atoms with Crippen LogP contribution in [-0.4, -0.2) is 54.2 Å². The van der Waals surface area contributed by atoms with Crippen LogP contribution in [-0.2, 0) is 11.3 Å². The fourth-order valence-corrected chi connectivity index (χ4v) is 3.42. The number of likely N-dealkylation sites (tertiary alicyclic amines) is 1. The number of benzene rings is 1. The zero-order chi connectivity index (χ0) is 16.1. The third-order valence-corrected chi connectivity index (χ3v) is 4.73. The van der Waals surface area contributed by atoms with E-state index in [9.17, 15) is 4.79 Å². The van der Waals surface area contributed by atoms with Crippen LogP contribution in [0.3, 0.4) is 0 Å². The fourth-order valence-electron chi connectivity index (χ4n) is 3.42. The molecule has 2 fully saturated rings. The van der Waals surface area contributed by atoms with Crippen LogP contribution in [0.1, 0.15) is 31.2 Å². The van der Waals surface area contributed by atoms with Gasteiger partial charge in [0.15, 0.2) is 0 Å². The van der Waals surface area contributed by atoms with E-state index in [4.69, 9.17) is 10.5 Å². The quantitative estimate of drug-likeness (QED) is 0.874. The van der Waals surface area contributed by atoms with Crippen molar-refractivity contribution in [3.05, 3.63) is 35.9 Å². The molecular formula is C18H27N3O2. The van der Waals surface area contributed by atoms with Gasteiger partial charge in [0.25, 0.3) is 0 Å². The van der Waals surface area contributed by atoms with Gasteiger partial charge in [-0.2, -0.15) is 0 Å². The van der Waals surface area contributed by atoms with Crippen molar-refractivity contribution in [3.63, 3.8) is 0 Å². The van der Waals surface area contributed by atoms with Crippen LogP contribution in [0.5, 0.6) is 0 Å². The first-order chi connectivity index (χ1) is 11.3. The number of carbonyl (C=O) groups is 1. The number of piperidine rings is 1. The van der Waals surface area contributed by atoms with Crippen LogP contribution in [0, 0.1) is 0 Å². The summed E-state index contributed by atoms with van der Waals surface area (Å²) >= 11 is 0. The number of nitrogens with two attached hydrogens (primary N) is 1. The fraction of sp³-hybridized carbons (Fsp3) is 0.611. The topological polar surface area (TPSA) is 58.8 Å². The van der Waals surface area contributed by atoms with E-state index in [2.05, 4.69) is 4.90 Å². The lowest BCUT2D eigenvalue weighted by Gasteiger charge is -2.39. The molecule has 1 saturated heterocycles. The molecule has 1 aromatic carbocycles. The lowest BCUT2D eigenvalue weighted by Crippen LogP contribution is -2.51. The Bertz CT molecular complexity index is 504. The average molecular weight is 317 g/mol. The lowest BCUT2D eigenvalue weighted by molar-refractivity contribution is 0.0590. The van der Waals surface area contributed by atoms with E-state index in [1.54, 1.807) is 0 Å². The van der Waals surface area contributed by atoms with Gasteiger partial charge >= 0.3 is 6.09 Å². The highest BCUT2D eigenvalue weighted by atomic mass is 16.6. The smallest absolute Gasteiger partial charge is 0.410 e. The number of amides is 1. The second-order valence-corrected chi connectivity index (χ2v) is 6.54. The van der Waals surface area contributed by atoms with Gasteiger partial charge in [0.2, 0.25) is 0 Å². The highest BCUT2D eigenvalue weighted by Gasteiger charge is 2.36. The zero-order valence-corrected chi connectivity index (χ0v) is 13.7. The number of hydrogen-bond donors (Lipinski definition) is 1. The molecule has 3 rings (SSSR count). The molecule has 1 amide bonds. The summed E-state index contributed by atoms with van der Waals surface area (Å²) in [4.78, 5) is 16.7. The Hall–Kier alpha value is -1.59. The Morgan fingerprint density at radius 3 is 2.70 bits per heavy atom. The summed E-state index contributed by atoms with van der Waals surface area (Å²) in [6, 6.07) is 10.9. The zero-order valence-electron chi connectivity index (χ0n) is 13.7.